The van der Waals surface area contributed by atoms with Gasteiger partial charge in [0.2, 0.25) is 5.91 Å². The van der Waals surface area contributed by atoms with Crippen LogP contribution in [0.2, 0.25) is 0 Å². The van der Waals surface area contributed by atoms with E-state index in [1.165, 1.54) is 54.4 Å². The molecule has 0 radical (unpaired) electrons. The highest BCUT2D eigenvalue weighted by atomic mass is 16.5. The number of para-hydroxylation sites is 1. The molecule has 0 fully saturated rings. The van der Waals surface area contributed by atoms with Crippen LogP contribution in [0.1, 0.15) is 36.1 Å². The Balaban J connectivity index is 1.42. The van der Waals surface area contributed by atoms with Crippen LogP contribution in [0.5, 0.6) is 11.5 Å². The van der Waals surface area contributed by atoms with Gasteiger partial charge in [-0.25, -0.2) is 5.43 Å². The van der Waals surface area contributed by atoms with Crippen molar-refractivity contribution in [3.63, 3.8) is 0 Å². The van der Waals surface area contributed by atoms with Gasteiger partial charge in [-0.3, -0.25) is 4.79 Å². The number of phenols is 1. The summed E-state index contributed by atoms with van der Waals surface area (Å²) < 4.78 is 7.38. The molecule has 0 atom stereocenters. The summed E-state index contributed by atoms with van der Waals surface area (Å²) in [5.41, 5.74) is 7.36. The lowest BCUT2D eigenvalue weighted by atomic mass is 9.95. The van der Waals surface area contributed by atoms with Crippen molar-refractivity contribution in [2.45, 2.75) is 38.6 Å². The predicted octanol–water partition coefficient (Wildman–Crippen LogP) is 3.77. The highest BCUT2D eigenvalue weighted by Crippen LogP contribution is 2.32. The largest absolute Gasteiger partial charge is 0.504 e. The number of aryl methyl sites for hydroxylation is 2. The van der Waals surface area contributed by atoms with Gasteiger partial charge in [0.15, 0.2) is 11.5 Å². The van der Waals surface area contributed by atoms with Gasteiger partial charge >= 0.3 is 0 Å². The number of aromatic hydroxyl groups is 1. The molecule has 2 N–H and O–H groups in total. The van der Waals surface area contributed by atoms with Gasteiger partial charge in [-0.05, 0) is 61.1 Å². The van der Waals surface area contributed by atoms with Crippen molar-refractivity contribution in [3.8, 4) is 11.5 Å². The second-order valence-corrected chi connectivity index (χ2v) is 7.28. The normalized spacial score (nSPS) is 13.6. The molecule has 29 heavy (non-hydrogen) atoms. The van der Waals surface area contributed by atoms with Crippen LogP contribution in [0.3, 0.4) is 0 Å². The summed E-state index contributed by atoms with van der Waals surface area (Å²) in [7, 11) is 1.49. The van der Waals surface area contributed by atoms with Crippen LogP contribution < -0.4 is 10.2 Å². The number of hydrogen-bond donors (Lipinski definition) is 2. The number of amides is 1. The number of rotatable bonds is 6. The second-order valence-electron chi connectivity index (χ2n) is 7.28. The number of nitrogens with zero attached hydrogens (tertiary/aromatic N) is 2. The van der Waals surface area contributed by atoms with Gasteiger partial charge in [0.25, 0.3) is 0 Å². The molecule has 0 unspecified atom stereocenters. The zero-order valence-electron chi connectivity index (χ0n) is 16.5. The maximum Gasteiger partial charge on any atom is 0.241 e. The number of methoxy groups -OCH3 is 1. The van der Waals surface area contributed by atoms with Crippen molar-refractivity contribution in [2.75, 3.05) is 7.11 Å². The van der Waals surface area contributed by atoms with Gasteiger partial charge in [-0.1, -0.05) is 18.2 Å². The van der Waals surface area contributed by atoms with E-state index in [-0.39, 0.29) is 11.7 Å². The first-order valence-electron chi connectivity index (χ1n) is 9.95. The molecule has 4 rings (SSSR count). The van der Waals surface area contributed by atoms with Crippen LogP contribution in [0, 0.1) is 0 Å². The van der Waals surface area contributed by atoms with Crippen molar-refractivity contribution < 1.29 is 14.6 Å². The summed E-state index contributed by atoms with van der Waals surface area (Å²) in [6, 6.07) is 13.4. The van der Waals surface area contributed by atoms with Crippen LogP contribution in [0.15, 0.2) is 47.6 Å². The molecule has 1 heterocycles. The summed E-state index contributed by atoms with van der Waals surface area (Å²) in [5.74, 6) is 0.301. The van der Waals surface area contributed by atoms with Crippen molar-refractivity contribution in [3.05, 3.63) is 59.3 Å². The summed E-state index contributed by atoms with van der Waals surface area (Å²) in [5, 5.41) is 15.0. The Hall–Kier alpha value is -3.28. The molecular weight excluding hydrogens is 366 g/mol. The number of nitrogens with one attached hydrogen (secondary N) is 1. The third-order valence-corrected chi connectivity index (χ3v) is 5.45. The van der Waals surface area contributed by atoms with Gasteiger partial charge < -0.3 is 14.4 Å². The Kier molecular flexibility index (Phi) is 5.51. The van der Waals surface area contributed by atoms with E-state index < -0.39 is 0 Å². The molecule has 0 bridgehead atoms. The first-order chi connectivity index (χ1) is 14.2. The van der Waals surface area contributed by atoms with E-state index in [2.05, 4.69) is 39.4 Å². The van der Waals surface area contributed by atoms with Gasteiger partial charge in [0.1, 0.15) is 0 Å². The van der Waals surface area contributed by atoms with Crippen LogP contribution >= 0.6 is 0 Å². The number of carbonyl (C=O) groups is 1. The van der Waals surface area contributed by atoms with E-state index >= 15 is 0 Å². The smallest absolute Gasteiger partial charge is 0.241 e. The summed E-state index contributed by atoms with van der Waals surface area (Å²) in [6.07, 6.45) is 6.53. The number of hydrogen-bond acceptors (Lipinski definition) is 4. The second kappa shape index (κ2) is 8.39. The molecule has 1 amide bonds. The Morgan fingerprint density at radius 1 is 1.24 bits per heavy atom. The minimum absolute atomic E-state index is 0.0657. The molecule has 3 aromatic rings. The zero-order valence-corrected chi connectivity index (χ0v) is 16.5. The lowest BCUT2D eigenvalue weighted by Crippen LogP contribution is -2.20. The van der Waals surface area contributed by atoms with Gasteiger partial charge in [-0.2, -0.15) is 5.10 Å². The molecule has 1 aromatic heterocycles. The molecule has 0 saturated carbocycles. The van der Waals surface area contributed by atoms with Crippen molar-refractivity contribution in [1.82, 2.24) is 9.99 Å². The van der Waals surface area contributed by atoms with Crippen LogP contribution in [0.4, 0.5) is 0 Å². The Labute approximate surface area is 169 Å². The van der Waals surface area contributed by atoms with E-state index in [0.29, 0.717) is 18.7 Å². The molecular formula is C23H25N3O3. The molecule has 0 saturated heterocycles. The molecule has 6 nitrogen and oxygen atoms in total. The van der Waals surface area contributed by atoms with E-state index in [0.717, 1.165) is 18.4 Å². The average molecular weight is 391 g/mol. The van der Waals surface area contributed by atoms with Gasteiger partial charge in [-0.15, -0.1) is 0 Å². The van der Waals surface area contributed by atoms with Crippen molar-refractivity contribution in [2.24, 2.45) is 5.10 Å². The van der Waals surface area contributed by atoms with Crippen LogP contribution in [-0.4, -0.2) is 28.9 Å². The fourth-order valence-electron chi connectivity index (χ4n) is 4.06. The number of aromatic nitrogens is 1. The van der Waals surface area contributed by atoms with E-state index in [1.54, 1.807) is 12.1 Å². The number of benzene rings is 2. The van der Waals surface area contributed by atoms with Crippen molar-refractivity contribution >= 4 is 23.0 Å². The summed E-state index contributed by atoms with van der Waals surface area (Å²) in [4.78, 5) is 12.3. The minimum atomic E-state index is -0.130. The van der Waals surface area contributed by atoms with Crippen molar-refractivity contribution in [1.29, 1.82) is 0 Å². The third kappa shape index (κ3) is 3.97. The fourth-order valence-corrected chi connectivity index (χ4v) is 4.06. The topological polar surface area (TPSA) is 75.8 Å². The van der Waals surface area contributed by atoms with Gasteiger partial charge in [0.05, 0.1) is 13.3 Å². The fraction of sp³-hybridized carbons (Fsp3) is 0.304. The number of ether oxygens (including phenoxy) is 1. The minimum Gasteiger partial charge on any atom is -0.504 e. The maximum absolute atomic E-state index is 12.3. The lowest BCUT2D eigenvalue weighted by Gasteiger charge is -2.15. The van der Waals surface area contributed by atoms with E-state index in [9.17, 15) is 9.90 Å². The zero-order chi connectivity index (χ0) is 20.2. The molecule has 150 valence electrons. The van der Waals surface area contributed by atoms with E-state index in [4.69, 9.17) is 4.74 Å². The van der Waals surface area contributed by atoms with E-state index in [1.807, 2.05) is 0 Å². The number of hydrazone groups is 1. The van der Waals surface area contributed by atoms with Crippen LogP contribution in [-0.2, 0) is 24.2 Å². The first-order valence-corrected chi connectivity index (χ1v) is 9.95. The Morgan fingerprint density at radius 3 is 2.93 bits per heavy atom. The molecule has 1 aliphatic carbocycles. The summed E-state index contributed by atoms with van der Waals surface area (Å²) in [6.45, 7) is 0.643. The monoisotopic (exact) mass is 391 g/mol. The quantitative estimate of drug-likeness (QED) is 0.496. The third-order valence-electron chi connectivity index (χ3n) is 5.45. The molecule has 0 aliphatic heterocycles. The van der Waals surface area contributed by atoms with Gasteiger partial charge in [0, 0.05) is 29.6 Å². The maximum atomic E-state index is 12.3. The summed E-state index contributed by atoms with van der Waals surface area (Å²) >= 11 is 0. The standard InChI is InChI=1S/C23H25N3O3/c1-29-22-14-16(10-11-21(22)27)15-24-25-23(28)12-13-26-19-8-4-2-6-17(19)18-7-3-5-9-20(18)26/h2,4,6,8,10-11,14-15,27H,3,5,7,9,12-13H2,1H3,(H,25,28)/b24-15+. The molecule has 0 spiro atoms. The number of fused-ring (bicyclic) bond motifs is 3. The SMILES string of the molecule is COc1cc(/C=N/NC(=O)CCn2c3c(c4ccccc42)CCCC3)ccc1O. The molecule has 6 heteroatoms. The lowest BCUT2D eigenvalue weighted by molar-refractivity contribution is -0.121. The molecule has 2 aromatic carbocycles. The first kappa shape index (κ1) is 19.1. The Morgan fingerprint density at radius 2 is 2.07 bits per heavy atom. The molecule has 1 aliphatic rings. The highest BCUT2D eigenvalue weighted by molar-refractivity contribution is 5.86. The average Bonchev–Trinajstić information content (AvgIpc) is 3.07. The predicted molar refractivity (Wildman–Crippen MR) is 114 cm³/mol. The Bertz CT molecular complexity index is 1070. The number of phenolic OH excluding ortho intramolecular Hbond substituents is 1. The number of carbonyl (C=O) groups excluding carboxylic acids is 1. The van der Waals surface area contributed by atoms with Crippen LogP contribution in [0.25, 0.3) is 10.9 Å². The highest BCUT2D eigenvalue weighted by Gasteiger charge is 2.19.